The van der Waals surface area contributed by atoms with Crippen LogP contribution in [0.5, 0.6) is 0 Å². The molecule has 1 atom stereocenters. The van der Waals surface area contributed by atoms with Gasteiger partial charge in [-0.25, -0.2) is 0 Å². The molecule has 0 radical (unpaired) electrons. The second-order valence-electron chi connectivity index (χ2n) is 5.04. The minimum Gasteiger partial charge on any atom is -0.377 e. The van der Waals surface area contributed by atoms with E-state index in [-0.39, 0.29) is 11.9 Å². The van der Waals surface area contributed by atoms with E-state index in [1.165, 1.54) is 0 Å². The molecule has 0 aliphatic rings. The molecule has 1 amide bonds. The Hall–Kier alpha value is -2.37. The predicted molar refractivity (Wildman–Crippen MR) is 82.0 cm³/mol. The molecule has 1 heterocycles. The highest BCUT2D eigenvalue weighted by atomic mass is 16.1. The predicted octanol–water partition coefficient (Wildman–Crippen LogP) is 1.96. The second kappa shape index (κ2) is 6.88. The molecule has 6 heteroatoms. The first-order chi connectivity index (χ1) is 10.1. The van der Waals surface area contributed by atoms with Gasteiger partial charge in [-0.2, -0.15) is 0 Å². The van der Waals surface area contributed by atoms with Gasteiger partial charge in [-0.1, -0.05) is 19.1 Å². The van der Waals surface area contributed by atoms with Gasteiger partial charge in [-0.05, 0) is 25.5 Å². The molecule has 6 nitrogen and oxygen atoms in total. The van der Waals surface area contributed by atoms with E-state index in [9.17, 15) is 4.79 Å². The molecule has 0 saturated heterocycles. The number of nitrogens with zero attached hydrogens (tertiary/aromatic N) is 3. The first-order valence-corrected chi connectivity index (χ1v) is 7.08. The monoisotopic (exact) mass is 287 g/mol. The van der Waals surface area contributed by atoms with Crippen molar-refractivity contribution in [2.24, 2.45) is 7.05 Å². The topological polar surface area (TPSA) is 71.8 Å². The van der Waals surface area contributed by atoms with Crippen molar-refractivity contribution in [3.05, 3.63) is 42.0 Å². The van der Waals surface area contributed by atoms with Gasteiger partial charge in [-0.3, -0.25) is 4.79 Å². The van der Waals surface area contributed by atoms with Crippen LogP contribution in [0.1, 0.15) is 36.5 Å². The number of carbonyl (C=O) groups is 1. The Morgan fingerprint density at radius 3 is 2.81 bits per heavy atom. The molecule has 0 bridgehead atoms. The largest absolute Gasteiger partial charge is 0.377 e. The Morgan fingerprint density at radius 1 is 1.38 bits per heavy atom. The normalized spacial score (nSPS) is 12.0. The number of rotatable bonds is 6. The number of carbonyl (C=O) groups excluding carboxylic acids is 1. The molecule has 1 aromatic heterocycles. The summed E-state index contributed by atoms with van der Waals surface area (Å²) in [5, 5.41) is 14.1. The van der Waals surface area contributed by atoms with Crippen LogP contribution in [0.4, 0.5) is 5.69 Å². The van der Waals surface area contributed by atoms with Gasteiger partial charge in [0.1, 0.15) is 6.33 Å². The van der Waals surface area contributed by atoms with Crippen LogP contribution in [0.2, 0.25) is 0 Å². The van der Waals surface area contributed by atoms with Gasteiger partial charge in [0.2, 0.25) is 0 Å². The molecule has 112 valence electrons. The molecule has 0 spiro atoms. The zero-order chi connectivity index (χ0) is 15.2. The number of aromatic nitrogens is 3. The Bertz CT molecular complexity index is 608. The summed E-state index contributed by atoms with van der Waals surface area (Å²) in [6.07, 6.45) is 2.55. The average Bonchev–Trinajstić information content (AvgIpc) is 2.90. The van der Waals surface area contributed by atoms with Crippen molar-refractivity contribution in [1.29, 1.82) is 0 Å². The van der Waals surface area contributed by atoms with Crippen molar-refractivity contribution in [2.75, 3.05) is 5.32 Å². The maximum Gasteiger partial charge on any atom is 0.253 e. The fourth-order valence-electron chi connectivity index (χ4n) is 1.88. The van der Waals surface area contributed by atoms with Gasteiger partial charge in [0.05, 0.1) is 12.1 Å². The highest BCUT2D eigenvalue weighted by molar-refractivity contribution is 5.99. The Labute approximate surface area is 124 Å². The number of aryl methyl sites for hydroxylation is 1. The van der Waals surface area contributed by atoms with E-state index in [2.05, 4.69) is 20.8 Å². The summed E-state index contributed by atoms with van der Waals surface area (Å²) in [4.78, 5) is 12.3. The lowest BCUT2D eigenvalue weighted by molar-refractivity contribution is 0.0940. The molecule has 21 heavy (non-hydrogen) atoms. The van der Waals surface area contributed by atoms with Gasteiger partial charge in [0.15, 0.2) is 5.82 Å². The number of amides is 1. The van der Waals surface area contributed by atoms with Crippen LogP contribution in [0.25, 0.3) is 0 Å². The Balaban J connectivity index is 2.09. The first-order valence-electron chi connectivity index (χ1n) is 7.08. The van der Waals surface area contributed by atoms with Crippen LogP contribution < -0.4 is 10.6 Å². The smallest absolute Gasteiger partial charge is 0.253 e. The van der Waals surface area contributed by atoms with Crippen molar-refractivity contribution in [2.45, 2.75) is 32.9 Å². The number of hydrogen-bond acceptors (Lipinski definition) is 4. The highest BCUT2D eigenvalue weighted by Gasteiger charge is 2.13. The van der Waals surface area contributed by atoms with Crippen LogP contribution in [0.3, 0.4) is 0 Å². The van der Waals surface area contributed by atoms with Crippen LogP contribution in [0, 0.1) is 0 Å². The molecule has 0 aliphatic carbocycles. The SMILES string of the molecule is CC[C@H](C)NC(=O)c1ccccc1NCc1nncn1C. The number of hydrogen-bond donors (Lipinski definition) is 2. The van der Waals surface area contributed by atoms with Crippen LogP contribution in [-0.2, 0) is 13.6 Å². The fraction of sp³-hybridized carbons (Fsp3) is 0.400. The van der Waals surface area contributed by atoms with Crippen molar-refractivity contribution >= 4 is 11.6 Å². The minimum atomic E-state index is -0.0644. The Morgan fingerprint density at radius 2 is 2.14 bits per heavy atom. The third kappa shape index (κ3) is 3.81. The molecule has 1 aromatic carbocycles. The van der Waals surface area contributed by atoms with E-state index in [1.54, 1.807) is 6.33 Å². The van der Waals surface area contributed by atoms with Crippen molar-refractivity contribution < 1.29 is 4.79 Å². The Kier molecular flexibility index (Phi) is 4.92. The van der Waals surface area contributed by atoms with Crippen molar-refractivity contribution in [3.8, 4) is 0 Å². The lowest BCUT2D eigenvalue weighted by Crippen LogP contribution is -2.32. The molecule has 0 aliphatic heterocycles. The maximum atomic E-state index is 12.3. The average molecular weight is 287 g/mol. The van der Waals surface area contributed by atoms with E-state index in [4.69, 9.17) is 0 Å². The number of nitrogens with one attached hydrogen (secondary N) is 2. The number of anilines is 1. The second-order valence-corrected chi connectivity index (χ2v) is 5.04. The molecular formula is C15H21N5O. The summed E-state index contributed by atoms with van der Waals surface area (Å²) in [5.74, 6) is 0.748. The maximum absolute atomic E-state index is 12.3. The molecule has 2 rings (SSSR count). The zero-order valence-electron chi connectivity index (χ0n) is 12.6. The molecule has 0 fully saturated rings. The lowest BCUT2D eigenvalue weighted by atomic mass is 10.1. The van der Waals surface area contributed by atoms with Crippen molar-refractivity contribution in [1.82, 2.24) is 20.1 Å². The van der Waals surface area contributed by atoms with Gasteiger partial charge in [0.25, 0.3) is 5.91 Å². The number of benzene rings is 1. The van der Waals surface area contributed by atoms with E-state index in [0.29, 0.717) is 12.1 Å². The molecular weight excluding hydrogens is 266 g/mol. The van der Waals surface area contributed by atoms with E-state index >= 15 is 0 Å². The summed E-state index contributed by atoms with van der Waals surface area (Å²) >= 11 is 0. The summed E-state index contributed by atoms with van der Waals surface area (Å²) in [6, 6.07) is 7.63. The molecule has 0 unspecified atom stereocenters. The summed E-state index contributed by atoms with van der Waals surface area (Å²) < 4.78 is 1.84. The van der Waals surface area contributed by atoms with Crippen LogP contribution in [-0.4, -0.2) is 26.7 Å². The number of para-hydroxylation sites is 1. The summed E-state index contributed by atoms with van der Waals surface area (Å²) in [6.45, 7) is 4.56. The van der Waals surface area contributed by atoms with Crippen LogP contribution in [0.15, 0.2) is 30.6 Å². The lowest BCUT2D eigenvalue weighted by Gasteiger charge is -2.15. The third-order valence-corrected chi connectivity index (χ3v) is 3.40. The van der Waals surface area contributed by atoms with E-state index in [1.807, 2.05) is 49.7 Å². The standard InChI is InChI=1S/C15H21N5O/c1-4-11(2)18-15(21)12-7-5-6-8-13(12)16-9-14-19-17-10-20(14)3/h5-8,10-11,16H,4,9H2,1-3H3,(H,18,21)/t11-/m0/s1. The van der Waals surface area contributed by atoms with E-state index < -0.39 is 0 Å². The first kappa shape index (κ1) is 15.0. The van der Waals surface area contributed by atoms with Gasteiger partial charge in [0, 0.05) is 18.8 Å². The fourth-order valence-corrected chi connectivity index (χ4v) is 1.88. The summed E-state index contributed by atoms with van der Waals surface area (Å²) in [7, 11) is 1.89. The third-order valence-electron chi connectivity index (χ3n) is 3.40. The minimum absolute atomic E-state index is 0.0644. The molecule has 2 N–H and O–H groups in total. The van der Waals surface area contributed by atoms with E-state index in [0.717, 1.165) is 17.9 Å². The molecule has 2 aromatic rings. The molecule has 0 saturated carbocycles. The van der Waals surface area contributed by atoms with Gasteiger partial charge < -0.3 is 15.2 Å². The van der Waals surface area contributed by atoms with Crippen molar-refractivity contribution in [3.63, 3.8) is 0 Å². The summed E-state index contributed by atoms with van der Waals surface area (Å²) in [5.41, 5.74) is 1.43. The quantitative estimate of drug-likeness (QED) is 0.852. The van der Waals surface area contributed by atoms with Crippen LogP contribution >= 0.6 is 0 Å². The zero-order valence-corrected chi connectivity index (χ0v) is 12.6. The van der Waals surface area contributed by atoms with Gasteiger partial charge in [-0.15, -0.1) is 10.2 Å². The highest BCUT2D eigenvalue weighted by Crippen LogP contribution is 2.16. The van der Waals surface area contributed by atoms with Gasteiger partial charge >= 0.3 is 0 Å².